The zero-order chi connectivity index (χ0) is 10.6. The van der Waals surface area contributed by atoms with Gasteiger partial charge in [0.25, 0.3) is 0 Å². The van der Waals surface area contributed by atoms with Crippen molar-refractivity contribution in [3.8, 4) is 0 Å². The molecule has 0 radical (unpaired) electrons. The van der Waals surface area contributed by atoms with Crippen LogP contribution in [0, 0.1) is 0 Å². The number of allylic oxidation sites excluding steroid dienone is 3. The second kappa shape index (κ2) is 5.34. The van der Waals surface area contributed by atoms with Gasteiger partial charge in [0.05, 0.1) is 0 Å². The first-order valence-electron chi connectivity index (χ1n) is 4.51. The molecule has 0 fully saturated rings. The molecule has 0 heterocycles. The fraction of sp³-hybridized carbons (Fsp3) is 0.364. The third-order valence-corrected chi connectivity index (χ3v) is 4.04. The predicted octanol–water partition coefficient (Wildman–Crippen LogP) is -0.741. The zero-order valence-corrected chi connectivity index (χ0v) is 10.7. The molecule has 0 aromatic carbocycles. The Labute approximate surface area is 96.0 Å². The maximum atomic E-state index is 11.9. The Bertz CT molecular complexity index is 304. The fourth-order valence-electron chi connectivity index (χ4n) is 1.29. The van der Waals surface area contributed by atoms with Gasteiger partial charge in [-0.05, 0) is 0 Å². The van der Waals surface area contributed by atoms with Crippen LogP contribution in [0.2, 0.25) is 0 Å². The van der Waals surface area contributed by atoms with E-state index in [9.17, 15) is 4.79 Å². The van der Waals surface area contributed by atoms with Crippen molar-refractivity contribution in [1.29, 1.82) is 0 Å². The number of carbonyl (C=O) groups excluding carboxylic acids is 1. The molecule has 78 valence electrons. The van der Waals surface area contributed by atoms with Crippen LogP contribution in [0.4, 0.5) is 0 Å². The summed E-state index contributed by atoms with van der Waals surface area (Å²) in [6.07, 6.45) is 7.49. The third kappa shape index (κ3) is 2.70. The Hall–Kier alpha value is -0.580. The molecule has 0 atom stereocenters. The summed E-state index contributed by atoms with van der Waals surface area (Å²) in [5.74, 6) is 0.138. The van der Waals surface area contributed by atoms with E-state index < -0.39 is 0 Å². The molecule has 0 N–H and O–H groups in total. The van der Waals surface area contributed by atoms with E-state index in [0.29, 0.717) is 0 Å². The van der Waals surface area contributed by atoms with Crippen LogP contribution in [-0.2, 0) is 4.79 Å². The van der Waals surface area contributed by atoms with Crippen LogP contribution >= 0.6 is 0 Å². The van der Waals surface area contributed by atoms with E-state index >= 15 is 0 Å². The average Bonchev–Trinajstić information content (AvgIpc) is 2.20. The van der Waals surface area contributed by atoms with Crippen molar-refractivity contribution >= 4 is 5.91 Å². The minimum absolute atomic E-state index is 0.138. The van der Waals surface area contributed by atoms with Gasteiger partial charge in [0.2, 0.25) is 0 Å². The SMILES string of the molecule is C=CN([I-]C)C(=O)C1=CC=C(C)CC1. The van der Waals surface area contributed by atoms with Gasteiger partial charge in [-0.1, -0.05) is 0 Å². The number of halogens is 1. The van der Waals surface area contributed by atoms with Crippen LogP contribution in [0.1, 0.15) is 19.8 Å². The molecule has 1 rings (SSSR count). The van der Waals surface area contributed by atoms with Crippen LogP contribution < -0.4 is 21.5 Å². The second-order valence-electron chi connectivity index (χ2n) is 3.17. The maximum absolute atomic E-state index is 11.9. The summed E-state index contributed by atoms with van der Waals surface area (Å²) in [7, 11) is 0. The first kappa shape index (κ1) is 11.5. The first-order valence-corrected chi connectivity index (χ1v) is 7.63. The van der Waals surface area contributed by atoms with Gasteiger partial charge in [0.15, 0.2) is 0 Å². The number of carbonyl (C=O) groups is 1. The summed E-state index contributed by atoms with van der Waals surface area (Å²) in [6.45, 7) is 5.75. The number of nitrogens with zero attached hydrogens (tertiary/aromatic N) is 1. The van der Waals surface area contributed by atoms with Gasteiger partial charge in [0.1, 0.15) is 0 Å². The van der Waals surface area contributed by atoms with Crippen molar-refractivity contribution in [3.63, 3.8) is 0 Å². The van der Waals surface area contributed by atoms with Gasteiger partial charge in [-0.25, -0.2) is 0 Å². The Kier molecular flexibility index (Phi) is 4.38. The van der Waals surface area contributed by atoms with E-state index in [1.165, 1.54) is 5.57 Å². The number of hydrogen-bond donors (Lipinski definition) is 0. The van der Waals surface area contributed by atoms with Crippen molar-refractivity contribution < 1.29 is 26.3 Å². The molecular formula is C11H15INO-. The fourth-order valence-corrected chi connectivity index (χ4v) is 2.43. The molecule has 14 heavy (non-hydrogen) atoms. The molecule has 1 amide bonds. The molecule has 0 aromatic rings. The number of amides is 1. The molecule has 0 saturated heterocycles. The van der Waals surface area contributed by atoms with E-state index in [-0.39, 0.29) is 27.4 Å². The van der Waals surface area contributed by atoms with Crippen molar-refractivity contribution in [2.45, 2.75) is 19.8 Å². The van der Waals surface area contributed by atoms with E-state index in [2.05, 4.69) is 18.4 Å². The quantitative estimate of drug-likeness (QED) is 0.382. The molecular weight excluding hydrogens is 289 g/mol. The number of hydrogen-bond acceptors (Lipinski definition) is 1. The van der Waals surface area contributed by atoms with Crippen LogP contribution in [0.5, 0.6) is 0 Å². The average molecular weight is 304 g/mol. The standard InChI is InChI=1S/C11H15INO/c1-4-13(12-3)11(14)10-7-5-9(2)6-8-10/h4-5,7H,1,6,8H2,2-3H3/q-1. The van der Waals surface area contributed by atoms with Crippen molar-refractivity contribution in [2.24, 2.45) is 0 Å². The van der Waals surface area contributed by atoms with Gasteiger partial charge in [0, 0.05) is 0 Å². The molecule has 0 aliphatic heterocycles. The normalized spacial score (nSPS) is 15.9. The molecule has 0 bridgehead atoms. The van der Waals surface area contributed by atoms with Crippen LogP contribution in [-0.4, -0.2) is 14.0 Å². The molecule has 1 aliphatic rings. The van der Waals surface area contributed by atoms with E-state index in [1.807, 2.05) is 12.2 Å². The van der Waals surface area contributed by atoms with E-state index in [0.717, 1.165) is 18.4 Å². The predicted molar refractivity (Wildman–Crippen MR) is 54.0 cm³/mol. The molecule has 0 aromatic heterocycles. The summed E-state index contributed by atoms with van der Waals surface area (Å²) in [5.41, 5.74) is 2.26. The molecule has 3 heteroatoms. The van der Waals surface area contributed by atoms with Gasteiger partial charge in [-0.2, -0.15) is 0 Å². The van der Waals surface area contributed by atoms with E-state index in [4.69, 9.17) is 0 Å². The summed E-state index contributed by atoms with van der Waals surface area (Å²) in [4.78, 5) is 13.9. The second-order valence-corrected chi connectivity index (χ2v) is 5.18. The summed E-state index contributed by atoms with van der Waals surface area (Å²) in [5, 5.41) is 0. The monoisotopic (exact) mass is 304 g/mol. The Morgan fingerprint density at radius 2 is 2.29 bits per heavy atom. The topological polar surface area (TPSA) is 20.3 Å². The van der Waals surface area contributed by atoms with E-state index in [1.54, 1.807) is 9.31 Å². The third-order valence-electron chi connectivity index (χ3n) is 2.17. The van der Waals surface area contributed by atoms with Crippen LogP contribution in [0.15, 0.2) is 36.1 Å². The number of rotatable bonds is 3. The molecule has 0 spiro atoms. The zero-order valence-electron chi connectivity index (χ0n) is 8.59. The summed E-state index contributed by atoms with van der Waals surface area (Å²) >= 11 is -0.233. The molecule has 0 saturated carbocycles. The molecule has 0 unspecified atom stereocenters. The Morgan fingerprint density at radius 1 is 1.57 bits per heavy atom. The van der Waals surface area contributed by atoms with Crippen molar-refractivity contribution in [2.75, 3.05) is 4.93 Å². The van der Waals surface area contributed by atoms with Gasteiger partial charge < -0.3 is 0 Å². The summed E-state index contributed by atoms with van der Waals surface area (Å²) in [6, 6.07) is 0. The number of alkyl halides is 1. The molecule has 1 aliphatic carbocycles. The van der Waals surface area contributed by atoms with Crippen LogP contribution in [0.3, 0.4) is 0 Å². The summed E-state index contributed by atoms with van der Waals surface area (Å²) < 4.78 is 1.75. The Morgan fingerprint density at radius 3 is 2.71 bits per heavy atom. The first-order chi connectivity index (χ1) is 6.69. The minimum atomic E-state index is -0.233. The van der Waals surface area contributed by atoms with Crippen molar-refractivity contribution in [1.82, 2.24) is 3.11 Å². The van der Waals surface area contributed by atoms with Gasteiger partial charge in [-0.3, -0.25) is 0 Å². The van der Waals surface area contributed by atoms with Crippen molar-refractivity contribution in [3.05, 3.63) is 36.1 Å². The van der Waals surface area contributed by atoms with Gasteiger partial charge >= 0.3 is 96.1 Å². The van der Waals surface area contributed by atoms with Crippen LogP contribution in [0.25, 0.3) is 0 Å². The Balaban J connectivity index is 2.75. The molecule has 2 nitrogen and oxygen atoms in total. The van der Waals surface area contributed by atoms with Gasteiger partial charge in [-0.15, -0.1) is 0 Å².